The fourth-order valence-corrected chi connectivity index (χ4v) is 1.67. The number of aromatic nitrogens is 1. The Morgan fingerprint density at radius 1 is 1.33 bits per heavy atom. The maximum Gasteiger partial charge on any atom is 0.145 e. The van der Waals surface area contributed by atoms with E-state index in [0.717, 1.165) is 11.3 Å². The number of nitriles is 1. The van der Waals surface area contributed by atoms with Crippen LogP contribution < -0.4 is 5.32 Å². The van der Waals surface area contributed by atoms with Gasteiger partial charge in [0.15, 0.2) is 0 Å². The van der Waals surface area contributed by atoms with Crippen molar-refractivity contribution in [3.05, 3.63) is 59.2 Å². The molecule has 0 aliphatic heterocycles. The number of hydrogen-bond acceptors (Lipinski definition) is 3. The minimum atomic E-state index is -0.244. The lowest BCUT2D eigenvalue weighted by atomic mass is 10.1. The molecule has 90 valence electrons. The highest BCUT2D eigenvalue weighted by Gasteiger charge is 2.05. The van der Waals surface area contributed by atoms with E-state index in [0.29, 0.717) is 17.8 Å². The first-order chi connectivity index (χ1) is 8.72. The number of nitrogens with zero attached hydrogens (tertiary/aromatic N) is 2. The summed E-state index contributed by atoms with van der Waals surface area (Å²) < 4.78 is 13.3. The second kappa shape index (κ2) is 5.28. The maximum absolute atomic E-state index is 13.3. The first-order valence-electron chi connectivity index (χ1n) is 5.55. The number of halogens is 1. The molecule has 0 atom stereocenters. The number of hydrogen-bond donors (Lipinski definition) is 1. The van der Waals surface area contributed by atoms with E-state index in [1.165, 1.54) is 6.07 Å². The molecule has 1 heterocycles. The van der Waals surface area contributed by atoms with E-state index in [1.54, 1.807) is 31.3 Å². The molecule has 0 unspecified atom stereocenters. The van der Waals surface area contributed by atoms with E-state index in [9.17, 15) is 4.39 Å². The Hall–Kier alpha value is -2.41. The van der Waals surface area contributed by atoms with Crippen molar-refractivity contribution >= 4 is 5.69 Å². The van der Waals surface area contributed by atoms with Gasteiger partial charge in [0.25, 0.3) is 0 Å². The van der Waals surface area contributed by atoms with Crippen molar-refractivity contribution in [1.29, 1.82) is 5.26 Å². The third-order valence-corrected chi connectivity index (χ3v) is 2.73. The number of anilines is 1. The summed E-state index contributed by atoms with van der Waals surface area (Å²) in [6.45, 7) is 2.16. The molecule has 4 heteroatoms. The lowest BCUT2D eigenvalue weighted by Gasteiger charge is -2.10. The van der Waals surface area contributed by atoms with Gasteiger partial charge in [0.05, 0.1) is 0 Å². The Morgan fingerprint density at radius 3 is 2.94 bits per heavy atom. The number of benzene rings is 1. The molecule has 0 saturated heterocycles. The van der Waals surface area contributed by atoms with E-state index >= 15 is 0 Å². The zero-order chi connectivity index (χ0) is 13.0. The molecule has 1 aromatic heterocycles. The Balaban J connectivity index is 2.17. The van der Waals surface area contributed by atoms with Gasteiger partial charge in [0, 0.05) is 29.6 Å². The third-order valence-electron chi connectivity index (χ3n) is 2.73. The van der Waals surface area contributed by atoms with Crippen molar-refractivity contribution in [3.63, 3.8) is 0 Å². The van der Waals surface area contributed by atoms with Gasteiger partial charge in [0.2, 0.25) is 0 Å². The van der Waals surface area contributed by atoms with E-state index in [1.807, 2.05) is 12.1 Å². The van der Waals surface area contributed by atoms with E-state index < -0.39 is 0 Å². The van der Waals surface area contributed by atoms with Gasteiger partial charge < -0.3 is 5.32 Å². The van der Waals surface area contributed by atoms with Crippen LogP contribution in [0.15, 0.2) is 36.5 Å². The van der Waals surface area contributed by atoms with Crippen molar-refractivity contribution < 1.29 is 4.39 Å². The molecule has 0 spiro atoms. The van der Waals surface area contributed by atoms with Crippen molar-refractivity contribution in [2.24, 2.45) is 0 Å². The van der Waals surface area contributed by atoms with Crippen molar-refractivity contribution in [1.82, 2.24) is 4.98 Å². The summed E-state index contributed by atoms with van der Waals surface area (Å²) in [5, 5.41) is 12.0. The smallest absolute Gasteiger partial charge is 0.145 e. The molecule has 0 bridgehead atoms. The predicted molar refractivity (Wildman–Crippen MR) is 67.4 cm³/mol. The van der Waals surface area contributed by atoms with E-state index in [4.69, 9.17) is 5.26 Å². The van der Waals surface area contributed by atoms with Gasteiger partial charge in [-0.1, -0.05) is 12.1 Å². The molecule has 1 N–H and O–H groups in total. The Labute approximate surface area is 105 Å². The fourth-order valence-electron chi connectivity index (χ4n) is 1.67. The van der Waals surface area contributed by atoms with Crippen LogP contribution in [-0.2, 0) is 6.54 Å². The van der Waals surface area contributed by atoms with Gasteiger partial charge in [0.1, 0.15) is 17.6 Å². The minimum Gasteiger partial charge on any atom is -0.381 e. The molecule has 2 rings (SSSR count). The highest BCUT2D eigenvalue weighted by Crippen LogP contribution is 2.18. The molecule has 0 fully saturated rings. The number of rotatable bonds is 3. The topological polar surface area (TPSA) is 48.7 Å². The van der Waals surface area contributed by atoms with Gasteiger partial charge in [-0.05, 0) is 25.1 Å². The maximum atomic E-state index is 13.3. The molecule has 0 radical (unpaired) electrons. The zero-order valence-corrected chi connectivity index (χ0v) is 9.94. The van der Waals surface area contributed by atoms with E-state index in [2.05, 4.69) is 10.3 Å². The van der Waals surface area contributed by atoms with Gasteiger partial charge in [-0.2, -0.15) is 5.26 Å². The molecular formula is C14H12FN3. The Bertz CT molecular complexity index is 602. The largest absolute Gasteiger partial charge is 0.381 e. The monoisotopic (exact) mass is 241 g/mol. The standard InChI is InChI=1S/C14H12FN3/c1-10-12(15)5-2-6-13(10)18-9-11-4-3-7-17-14(11)8-16/h2-7,18H,9H2,1H3. The summed E-state index contributed by atoms with van der Waals surface area (Å²) in [5.41, 5.74) is 2.48. The highest BCUT2D eigenvalue weighted by molar-refractivity contribution is 5.51. The molecule has 0 amide bonds. The fraction of sp³-hybridized carbons (Fsp3) is 0.143. The SMILES string of the molecule is Cc1c(F)cccc1NCc1cccnc1C#N. The van der Waals surface area contributed by atoms with Crippen LogP contribution in [0, 0.1) is 24.1 Å². The van der Waals surface area contributed by atoms with E-state index in [-0.39, 0.29) is 5.82 Å². The molecule has 18 heavy (non-hydrogen) atoms. The first kappa shape index (κ1) is 12.1. The van der Waals surface area contributed by atoms with Gasteiger partial charge in [-0.15, -0.1) is 0 Å². The summed E-state index contributed by atoms with van der Waals surface area (Å²) in [5.74, 6) is -0.244. The predicted octanol–water partition coefficient (Wildman–Crippen LogP) is 3.01. The molecule has 1 aromatic carbocycles. The average Bonchev–Trinajstić information content (AvgIpc) is 2.41. The molecule has 0 aliphatic carbocycles. The average molecular weight is 241 g/mol. The third kappa shape index (κ3) is 2.46. The normalized spacial score (nSPS) is 9.83. The molecule has 3 nitrogen and oxygen atoms in total. The quantitative estimate of drug-likeness (QED) is 0.898. The first-order valence-corrected chi connectivity index (χ1v) is 5.55. The Morgan fingerprint density at radius 2 is 2.17 bits per heavy atom. The Kier molecular flexibility index (Phi) is 3.54. The van der Waals surface area contributed by atoms with Crippen molar-refractivity contribution in [2.75, 3.05) is 5.32 Å². The van der Waals surface area contributed by atoms with Crippen LogP contribution in [0.1, 0.15) is 16.8 Å². The lowest BCUT2D eigenvalue weighted by molar-refractivity contribution is 0.619. The molecular weight excluding hydrogens is 229 g/mol. The molecule has 0 saturated carbocycles. The minimum absolute atomic E-state index is 0.244. The molecule has 0 aliphatic rings. The lowest BCUT2D eigenvalue weighted by Crippen LogP contribution is -2.04. The van der Waals surface area contributed by atoms with Gasteiger partial charge in [-0.25, -0.2) is 9.37 Å². The van der Waals surface area contributed by atoms with Crippen molar-refractivity contribution in [2.45, 2.75) is 13.5 Å². The van der Waals surface area contributed by atoms with Crippen LogP contribution in [0.4, 0.5) is 10.1 Å². The van der Waals surface area contributed by atoms with Crippen LogP contribution in [0.3, 0.4) is 0 Å². The summed E-state index contributed by atoms with van der Waals surface area (Å²) >= 11 is 0. The van der Waals surface area contributed by atoms with Crippen molar-refractivity contribution in [3.8, 4) is 6.07 Å². The van der Waals surface area contributed by atoms with Crippen LogP contribution in [-0.4, -0.2) is 4.98 Å². The number of pyridine rings is 1. The zero-order valence-electron chi connectivity index (χ0n) is 9.94. The van der Waals surface area contributed by atoms with Crippen LogP contribution in [0.2, 0.25) is 0 Å². The summed E-state index contributed by atoms with van der Waals surface area (Å²) in [4.78, 5) is 3.97. The van der Waals surface area contributed by atoms with Crippen LogP contribution in [0.25, 0.3) is 0 Å². The molecule has 2 aromatic rings. The van der Waals surface area contributed by atoms with Gasteiger partial charge >= 0.3 is 0 Å². The highest BCUT2D eigenvalue weighted by atomic mass is 19.1. The van der Waals surface area contributed by atoms with Crippen LogP contribution in [0.5, 0.6) is 0 Å². The van der Waals surface area contributed by atoms with Crippen LogP contribution >= 0.6 is 0 Å². The second-order valence-electron chi connectivity index (χ2n) is 3.89. The summed E-state index contributed by atoms with van der Waals surface area (Å²) in [7, 11) is 0. The number of nitrogens with one attached hydrogen (secondary N) is 1. The summed E-state index contributed by atoms with van der Waals surface area (Å²) in [6, 6.07) is 10.5. The second-order valence-corrected chi connectivity index (χ2v) is 3.89. The van der Waals surface area contributed by atoms with Gasteiger partial charge in [-0.3, -0.25) is 0 Å². The summed E-state index contributed by atoms with van der Waals surface area (Å²) in [6.07, 6.45) is 1.58.